The van der Waals surface area contributed by atoms with E-state index in [-0.39, 0.29) is 24.4 Å². The molecule has 0 aliphatic rings. The molecule has 3 aromatic carbocycles. The molecule has 0 saturated carbocycles. The minimum Gasteiger partial charge on any atom is -0.497 e. The first-order chi connectivity index (χ1) is 15.5. The molecule has 7 heteroatoms. The first-order valence-electron chi connectivity index (χ1n) is 10.1. The van der Waals surface area contributed by atoms with Crippen molar-refractivity contribution in [2.45, 2.75) is 12.5 Å². The monoisotopic (exact) mass is 496 g/mol. The summed E-state index contributed by atoms with van der Waals surface area (Å²) in [4.78, 5) is 25.0. The molecule has 0 saturated heterocycles. The first kappa shape index (κ1) is 23.3. The fraction of sp³-hybridized carbons (Fsp3) is 0.200. The van der Waals surface area contributed by atoms with Gasteiger partial charge in [0, 0.05) is 10.0 Å². The van der Waals surface area contributed by atoms with Crippen LogP contribution in [0.4, 0.5) is 0 Å². The van der Waals surface area contributed by atoms with Crippen LogP contribution in [0.2, 0.25) is 0 Å². The van der Waals surface area contributed by atoms with Crippen molar-refractivity contribution < 1.29 is 19.1 Å². The second-order valence-corrected chi connectivity index (χ2v) is 8.05. The van der Waals surface area contributed by atoms with E-state index in [0.29, 0.717) is 12.0 Å². The molecule has 0 radical (unpaired) electrons. The summed E-state index contributed by atoms with van der Waals surface area (Å²) in [6, 6.07) is 22.0. The molecule has 1 atom stereocenters. The number of carbonyl (C=O) groups excluding carboxylic acids is 2. The lowest BCUT2D eigenvalue weighted by Gasteiger charge is -2.20. The predicted octanol–water partition coefficient (Wildman–Crippen LogP) is 4.30. The molecule has 3 aromatic rings. The Morgan fingerprint density at radius 1 is 0.844 bits per heavy atom. The molecule has 6 nitrogen and oxygen atoms in total. The second-order valence-electron chi connectivity index (χ2n) is 7.14. The largest absolute Gasteiger partial charge is 0.497 e. The summed E-state index contributed by atoms with van der Waals surface area (Å²) in [7, 11) is 3.23. The molecular weight excluding hydrogens is 472 g/mol. The highest BCUT2D eigenvalue weighted by atomic mass is 79.9. The van der Waals surface area contributed by atoms with E-state index in [1.807, 2.05) is 48.5 Å². The number of carbonyl (C=O) groups is 2. The Morgan fingerprint density at radius 3 is 1.97 bits per heavy atom. The standard InChI is InChI=1S/C25H25BrN2O4/c1-31-21-11-3-17(4-12-21)15-23(18-7-13-22(32-2)14-8-18)28-24(29)16-27-25(30)19-5-9-20(26)10-6-19/h3-14,23H,15-16H2,1-2H3,(H,27,30)(H,28,29)/t23-/m1/s1. The van der Waals surface area contributed by atoms with Crippen molar-refractivity contribution in [3.63, 3.8) is 0 Å². The summed E-state index contributed by atoms with van der Waals surface area (Å²) in [5.41, 5.74) is 2.48. The number of benzene rings is 3. The highest BCUT2D eigenvalue weighted by Gasteiger charge is 2.17. The Bertz CT molecular complexity index is 1040. The Labute approximate surface area is 196 Å². The van der Waals surface area contributed by atoms with Gasteiger partial charge < -0.3 is 20.1 Å². The molecule has 166 valence electrons. The molecule has 32 heavy (non-hydrogen) atoms. The maximum absolute atomic E-state index is 12.7. The number of halogens is 1. The summed E-state index contributed by atoms with van der Waals surface area (Å²) >= 11 is 3.34. The average Bonchev–Trinajstić information content (AvgIpc) is 2.83. The highest BCUT2D eigenvalue weighted by molar-refractivity contribution is 9.10. The smallest absolute Gasteiger partial charge is 0.251 e. The number of ether oxygens (including phenoxy) is 2. The number of amides is 2. The molecule has 0 fully saturated rings. The molecule has 0 aliphatic heterocycles. The molecule has 0 heterocycles. The Balaban J connectivity index is 1.68. The molecule has 0 spiro atoms. The van der Waals surface area contributed by atoms with Gasteiger partial charge in [0.05, 0.1) is 26.8 Å². The number of hydrogen-bond acceptors (Lipinski definition) is 4. The maximum atomic E-state index is 12.7. The van der Waals surface area contributed by atoms with Crippen LogP contribution in [-0.4, -0.2) is 32.6 Å². The van der Waals surface area contributed by atoms with Crippen LogP contribution >= 0.6 is 15.9 Å². The zero-order valence-corrected chi connectivity index (χ0v) is 19.5. The molecule has 2 N–H and O–H groups in total. The zero-order valence-electron chi connectivity index (χ0n) is 17.9. The molecule has 3 rings (SSSR count). The molecule has 0 aliphatic carbocycles. The molecule has 0 aromatic heterocycles. The van der Waals surface area contributed by atoms with Crippen LogP contribution in [0.25, 0.3) is 0 Å². The van der Waals surface area contributed by atoms with Gasteiger partial charge in [-0.15, -0.1) is 0 Å². The van der Waals surface area contributed by atoms with Gasteiger partial charge in [-0.25, -0.2) is 0 Å². The molecule has 0 unspecified atom stereocenters. The van der Waals surface area contributed by atoms with Crippen LogP contribution in [0.1, 0.15) is 27.5 Å². The topological polar surface area (TPSA) is 76.7 Å². The molecular formula is C25H25BrN2O4. The normalized spacial score (nSPS) is 11.3. The van der Waals surface area contributed by atoms with Gasteiger partial charge in [-0.05, 0) is 66.1 Å². The van der Waals surface area contributed by atoms with Crippen LogP contribution in [0, 0.1) is 0 Å². The van der Waals surface area contributed by atoms with Crippen LogP contribution in [-0.2, 0) is 11.2 Å². The van der Waals surface area contributed by atoms with E-state index in [9.17, 15) is 9.59 Å². The van der Waals surface area contributed by atoms with Gasteiger partial charge >= 0.3 is 0 Å². The lowest BCUT2D eigenvalue weighted by atomic mass is 9.98. The summed E-state index contributed by atoms with van der Waals surface area (Å²) in [6.07, 6.45) is 0.586. The third-order valence-electron chi connectivity index (χ3n) is 4.97. The Morgan fingerprint density at radius 2 is 1.41 bits per heavy atom. The van der Waals surface area contributed by atoms with Crippen molar-refractivity contribution in [1.82, 2.24) is 10.6 Å². The SMILES string of the molecule is COc1ccc(C[C@@H](NC(=O)CNC(=O)c2ccc(Br)cc2)c2ccc(OC)cc2)cc1. The van der Waals surface area contributed by atoms with E-state index in [1.54, 1.807) is 38.5 Å². The summed E-state index contributed by atoms with van der Waals surface area (Å²) in [5.74, 6) is 0.938. The van der Waals surface area contributed by atoms with Gasteiger partial charge in [0.2, 0.25) is 5.91 Å². The first-order valence-corrected chi connectivity index (χ1v) is 10.9. The fourth-order valence-corrected chi connectivity index (χ4v) is 3.46. The lowest BCUT2D eigenvalue weighted by molar-refractivity contribution is -0.120. The van der Waals surface area contributed by atoms with E-state index in [0.717, 1.165) is 27.1 Å². The van der Waals surface area contributed by atoms with E-state index < -0.39 is 0 Å². The zero-order chi connectivity index (χ0) is 22.9. The minimum atomic E-state index is -0.302. The summed E-state index contributed by atoms with van der Waals surface area (Å²) in [6.45, 7) is -0.121. The van der Waals surface area contributed by atoms with Gasteiger partial charge in [-0.3, -0.25) is 9.59 Å². The number of rotatable bonds is 9. The lowest BCUT2D eigenvalue weighted by Crippen LogP contribution is -2.39. The Hall–Kier alpha value is -3.32. The van der Waals surface area contributed by atoms with Crippen LogP contribution in [0.3, 0.4) is 0 Å². The predicted molar refractivity (Wildman–Crippen MR) is 127 cm³/mol. The fourth-order valence-electron chi connectivity index (χ4n) is 3.19. The van der Waals surface area contributed by atoms with Crippen molar-refractivity contribution in [1.29, 1.82) is 0 Å². The summed E-state index contributed by atoms with van der Waals surface area (Å²) in [5, 5.41) is 5.70. The van der Waals surface area contributed by atoms with Gasteiger partial charge in [-0.1, -0.05) is 40.2 Å². The molecule has 2 amide bonds. The summed E-state index contributed by atoms with van der Waals surface area (Å²) < 4.78 is 11.3. The third kappa shape index (κ3) is 6.59. The van der Waals surface area contributed by atoms with Crippen molar-refractivity contribution >= 4 is 27.7 Å². The number of methoxy groups -OCH3 is 2. The van der Waals surface area contributed by atoms with Crippen LogP contribution in [0.5, 0.6) is 11.5 Å². The van der Waals surface area contributed by atoms with E-state index in [2.05, 4.69) is 26.6 Å². The van der Waals surface area contributed by atoms with Crippen LogP contribution < -0.4 is 20.1 Å². The van der Waals surface area contributed by atoms with E-state index in [4.69, 9.17) is 9.47 Å². The maximum Gasteiger partial charge on any atom is 0.251 e. The van der Waals surface area contributed by atoms with Gasteiger partial charge in [0.25, 0.3) is 5.91 Å². The Kier molecular flexibility index (Phi) is 8.27. The van der Waals surface area contributed by atoms with Gasteiger partial charge in [0.1, 0.15) is 11.5 Å². The third-order valence-corrected chi connectivity index (χ3v) is 5.50. The van der Waals surface area contributed by atoms with Gasteiger partial charge in [0.15, 0.2) is 0 Å². The van der Waals surface area contributed by atoms with Gasteiger partial charge in [-0.2, -0.15) is 0 Å². The second kappa shape index (κ2) is 11.3. The number of hydrogen-bond donors (Lipinski definition) is 2. The minimum absolute atomic E-state index is 0.121. The van der Waals surface area contributed by atoms with Crippen molar-refractivity contribution in [2.24, 2.45) is 0 Å². The number of nitrogens with one attached hydrogen (secondary N) is 2. The van der Waals surface area contributed by atoms with E-state index >= 15 is 0 Å². The average molecular weight is 497 g/mol. The van der Waals surface area contributed by atoms with Crippen molar-refractivity contribution in [3.05, 3.63) is 94.0 Å². The van der Waals surface area contributed by atoms with Crippen molar-refractivity contribution in [3.8, 4) is 11.5 Å². The van der Waals surface area contributed by atoms with Crippen LogP contribution in [0.15, 0.2) is 77.3 Å². The van der Waals surface area contributed by atoms with E-state index in [1.165, 1.54) is 0 Å². The van der Waals surface area contributed by atoms with Crippen molar-refractivity contribution in [2.75, 3.05) is 20.8 Å². The highest BCUT2D eigenvalue weighted by Crippen LogP contribution is 2.23. The molecule has 0 bridgehead atoms. The quantitative estimate of drug-likeness (QED) is 0.463.